The van der Waals surface area contributed by atoms with Crippen molar-refractivity contribution in [2.24, 2.45) is 11.8 Å². The average molecular weight is 476 g/mol. The van der Waals surface area contributed by atoms with E-state index in [0.29, 0.717) is 6.42 Å². The van der Waals surface area contributed by atoms with Crippen LogP contribution in [0.3, 0.4) is 0 Å². The summed E-state index contributed by atoms with van der Waals surface area (Å²) in [5.41, 5.74) is 1.54. The van der Waals surface area contributed by atoms with E-state index >= 15 is 0 Å². The van der Waals surface area contributed by atoms with Crippen LogP contribution < -0.4 is 10.0 Å². The maximum Gasteiger partial charge on any atom is 0.287 e. The van der Waals surface area contributed by atoms with E-state index < -0.39 is 51.2 Å². The van der Waals surface area contributed by atoms with Gasteiger partial charge in [-0.25, -0.2) is 17.5 Å². The fraction of sp³-hybridized carbons (Fsp3) is 0.391. The molecule has 0 spiro atoms. The Morgan fingerprint density at radius 3 is 2.58 bits per heavy atom. The normalized spacial score (nSPS) is 18.0. The molecule has 3 rings (SSSR count). The lowest BCUT2D eigenvalue weighted by Gasteiger charge is -2.24. The summed E-state index contributed by atoms with van der Waals surface area (Å²) in [7, 11) is -4.11. The Labute approximate surface area is 192 Å². The van der Waals surface area contributed by atoms with Crippen molar-refractivity contribution in [3.8, 4) is 0 Å². The SMILES string of the molecule is CC(C)C(NS(=O)(=O)c1ccc(F)cc1)C(=O)CC1Cc2ccnc(c2)CCNC(=O)C1=O. The molecule has 2 unspecified atom stereocenters. The largest absolute Gasteiger partial charge is 0.349 e. The molecule has 2 aromatic rings. The van der Waals surface area contributed by atoms with E-state index in [1.807, 2.05) is 6.07 Å². The molecular formula is C23H26FN3O5S. The minimum atomic E-state index is -4.11. The van der Waals surface area contributed by atoms with Gasteiger partial charge in [0.25, 0.3) is 5.91 Å². The lowest BCUT2D eigenvalue weighted by atomic mass is 9.86. The second kappa shape index (κ2) is 10.3. The second-order valence-corrected chi connectivity index (χ2v) is 10.1. The van der Waals surface area contributed by atoms with Crippen molar-refractivity contribution in [2.75, 3.05) is 6.54 Å². The molecule has 2 atom stereocenters. The van der Waals surface area contributed by atoms with Crippen LogP contribution in [0.4, 0.5) is 4.39 Å². The summed E-state index contributed by atoms with van der Waals surface area (Å²) in [4.78, 5) is 42.3. The number of hydrogen-bond acceptors (Lipinski definition) is 6. The summed E-state index contributed by atoms with van der Waals surface area (Å²) < 4.78 is 41.1. The fourth-order valence-electron chi connectivity index (χ4n) is 3.70. The van der Waals surface area contributed by atoms with Crippen LogP contribution in [0.15, 0.2) is 47.5 Å². The number of nitrogens with one attached hydrogen (secondary N) is 2. The third kappa shape index (κ3) is 6.29. The Morgan fingerprint density at radius 1 is 1.21 bits per heavy atom. The van der Waals surface area contributed by atoms with Crippen LogP contribution in [-0.2, 0) is 37.2 Å². The van der Waals surface area contributed by atoms with Gasteiger partial charge in [0, 0.05) is 37.2 Å². The van der Waals surface area contributed by atoms with Crippen LogP contribution in [0.1, 0.15) is 31.5 Å². The van der Waals surface area contributed by atoms with Gasteiger partial charge in [0.1, 0.15) is 5.82 Å². The highest BCUT2D eigenvalue weighted by molar-refractivity contribution is 7.89. The Hall–Kier alpha value is -2.98. The zero-order chi connectivity index (χ0) is 24.2. The molecule has 1 amide bonds. The van der Waals surface area contributed by atoms with E-state index in [4.69, 9.17) is 0 Å². The number of fused-ring (bicyclic) bond motifs is 2. The molecule has 33 heavy (non-hydrogen) atoms. The van der Waals surface area contributed by atoms with Crippen LogP contribution in [0.25, 0.3) is 0 Å². The number of halogens is 1. The number of hydrogen-bond donors (Lipinski definition) is 2. The lowest BCUT2D eigenvalue weighted by Crippen LogP contribution is -2.46. The first-order valence-corrected chi connectivity index (χ1v) is 12.1. The molecule has 2 heterocycles. The molecule has 1 aromatic heterocycles. The maximum atomic E-state index is 13.2. The van der Waals surface area contributed by atoms with Gasteiger partial charge in [0.15, 0.2) is 5.78 Å². The number of benzene rings is 1. The Bertz CT molecular complexity index is 1150. The quantitative estimate of drug-likeness (QED) is 0.587. The monoisotopic (exact) mass is 475 g/mol. The van der Waals surface area contributed by atoms with Crippen LogP contribution in [0.5, 0.6) is 0 Å². The number of nitrogens with zero attached hydrogens (tertiary/aromatic N) is 1. The molecule has 10 heteroatoms. The highest BCUT2D eigenvalue weighted by Gasteiger charge is 2.34. The third-order valence-electron chi connectivity index (χ3n) is 5.49. The lowest BCUT2D eigenvalue weighted by molar-refractivity contribution is -0.141. The minimum absolute atomic E-state index is 0.156. The molecule has 0 saturated carbocycles. The zero-order valence-corrected chi connectivity index (χ0v) is 19.2. The molecule has 8 nitrogen and oxygen atoms in total. The van der Waals surface area contributed by atoms with Crippen molar-refractivity contribution in [1.29, 1.82) is 0 Å². The molecule has 2 bridgehead atoms. The molecule has 1 aromatic carbocycles. The van der Waals surface area contributed by atoms with Crippen LogP contribution in [0.2, 0.25) is 0 Å². The number of ketones is 2. The molecule has 2 N–H and O–H groups in total. The predicted molar refractivity (Wildman–Crippen MR) is 118 cm³/mol. The van der Waals surface area contributed by atoms with Gasteiger partial charge >= 0.3 is 0 Å². The number of rotatable bonds is 7. The summed E-state index contributed by atoms with van der Waals surface area (Å²) in [6, 6.07) is 6.68. The van der Waals surface area contributed by atoms with Gasteiger partial charge in [-0.2, -0.15) is 0 Å². The van der Waals surface area contributed by atoms with E-state index in [1.54, 1.807) is 26.1 Å². The summed E-state index contributed by atoms with van der Waals surface area (Å²) in [6.45, 7) is 3.59. The molecule has 1 aliphatic heterocycles. The predicted octanol–water partition coefficient (Wildman–Crippen LogP) is 1.58. The minimum Gasteiger partial charge on any atom is -0.349 e. The summed E-state index contributed by atoms with van der Waals surface area (Å²) in [6.07, 6.45) is 1.95. The van der Waals surface area contributed by atoms with Crippen molar-refractivity contribution in [1.82, 2.24) is 15.0 Å². The standard InChI is InChI=1S/C23H26FN3O5S/c1-14(2)21(27-33(31,32)19-5-3-17(24)4-6-19)20(28)13-16-11-15-7-9-25-18(12-15)8-10-26-23(30)22(16)29/h3-7,9,12,14,16,21,27H,8,10-11,13H2,1-2H3,(H,26,30). The van der Waals surface area contributed by atoms with Crippen molar-refractivity contribution < 1.29 is 27.2 Å². The number of aromatic nitrogens is 1. The average Bonchev–Trinajstić information content (AvgIpc) is 2.76. The zero-order valence-electron chi connectivity index (χ0n) is 18.4. The van der Waals surface area contributed by atoms with Gasteiger partial charge in [-0.05, 0) is 54.3 Å². The number of carbonyl (C=O) groups is 3. The van der Waals surface area contributed by atoms with Gasteiger partial charge < -0.3 is 5.32 Å². The Kier molecular flexibility index (Phi) is 7.70. The van der Waals surface area contributed by atoms with E-state index in [-0.39, 0.29) is 24.3 Å². The van der Waals surface area contributed by atoms with E-state index in [9.17, 15) is 27.2 Å². The van der Waals surface area contributed by atoms with E-state index in [0.717, 1.165) is 35.5 Å². The first-order chi connectivity index (χ1) is 15.6. The van der Waals surface area contributed by atoms with Gasteiger partial charge in [-0.3, -0.25) is 19.4 Å². The fourth-order valence-corrected chi connectivity index (χ4v) is 5.07. The molecule has 0 saturated heterocycles. The first-order valence-electron chi connectivity index (χ1n) is 10.6. The van der Waals surface area contributed by atoms with Crippen molar-refractivity contribution in [3.05, 3.63) is 59.7 Å². The van der Waals surface area contributed by atoms with Crippen LogP contribution in [0, 0.1) is 17.7 Å². The number of carbonyl (C=O) groups excluding carboxylic acids is 3. The Morgan fingerprint density at radius 2 is 1.91 bits per heavy atom. The highest BCUT2D eigenvalue weighted by atomic mass is 32.2. The van der Waals surface area contributed by atoms with Crippen molar-refractivity contribution in [3.63, 3.8) is 0 Å². The molecule has 0 fully saturated rings. The molecular weight excluding hydrogens is 449 g/mol. The van der Waals surface area contributed by atoms with Crippen molar-refractivity contribution in [2.45, 2.75) is 44.0 Å². The van der Waals surface area contributed by atoms with Gasteiger partial charge in [-0.15, -0.1) is 0 Å². The van der Waals surface area contributed by atoms with E-state index in [1.165, 1.54) is 0 Å². The second-order valence-electron chi connectivity index (χ2n) is 8.39. The Balaban J connectivity index is 1.83. The third-order valence-corrected chi connectivity index (χ3v) is 6.95. The van der Waals surface area contributed by atoms with Gasteiger partial charge in [0.2, 0.25) is 15.8 Å². The first kappa shape index (κ1) is 24.7. The highest BCUT2D eigenvalue weighted by Crippen LogP contribution is 2.20. The number of sulfonamides is 1. The van der Waals surface area contributed by atoms with Gasteiger partial charge in [-0.1, -0.05) is 13.8 Å². The summed E-state index contributed by atoms with van der Waals surface area (Å²) in [5, 5.41) is 2.55. The molecule has 0 radical (unpaired) electrons. The van der Waals surface area contributed by atoms with Crippen LogP contribution >= 0.6 is 0 Å². The number of Topliss-reactive ketones (excluding diaryl/α,β-unsaturated/α-hetero) is 2. The van der Waals surface area contributed by atoms with Crippen LogP contribution in [-0.4, -0.2) is 43.5 Å². The maximum absolute atomic E-state index is 13.2. The topological polar surface area (TPSA) is 122 Å². The summed E-state index contributed by atoms with van der Waals surface area (Å²) in [5.74, 6) is -3.95. The van der Waals surface area contributed by atoms with Gasteiger partial charge in [0.05, 0.1) is 10.9 Å². The molecule has 176 valence electrons. The van der Waals surface area contributed by atoms with E-state index in [2.05, 4.69) is 15.0 Å². The van der Waals surface area contributed by atoms with Crippen molar-refractivity contribution >= 4 is 27.5 Å². The smallest absolute Gasteiger partial charge is 0.287 e. The number of pyridine rings is 1. The molecule has 1 aliphatic rings. The summed E-state index contributed by atoms with van der Waals surface area (Å²) >= 11 is 0. The molecule has 0 aliphatic carbocycles. The number of amides is 1.